The van der Waals surface area contributed by atoms with E-state index in [1.54, 1.807) is 22.2 Å². The summed E-state index contributed by atoms with van der Waals surface area (Å²) in [5.41, 5.74) is 3.48. The number of hydrogen-bond donors (Lipinski definition) is 0. The highest BCUT2D eigenvalue weighted by Crippen LogP contribution is 2.36. The molecule has 0 amide bonds. The molecule has 0 saturated carbocycles. The Balaban J connectivity index is 1.70. The number of rotatable bonds is 6. The predicted octanol–water partition coefficient (Wildman–Crippen LogP) is 6.08. The first kappa shape index (κ1) is 19.1. The summed E-state index contributed by atoms with van der Waals surface area (Å²) in [6.07, 6.45) is 4.46. The standard InChI is InChI=1S/C23H21BrN2OS/c1-2-19-20(17-10-12-18(24)13-11-17)21-22(28-19)25-15-26(23(21)27)14-6-9-16-7-4-3-5-8-16/h3-5,7-8,10-13,15H,2,6,9,14H2,1H3. The maximum atomic E-state index is 13.3. The molecular weight excluding hydrogens is 432 g/mol. The van der Waals surface area contributed by atoms with Crippen LogP contribution in [0.25, 0.3) is 21.3 Å². The number of aromatic nitrogens is 2. The number of hydrogen-bond acceptors (Lipinski definition) is 3. The molecule has 0 aliphatic heterocycles. The maximum Gasteiger partial charge on any atom is 0.262 e. The number of halogens is 1. The van der Waals surface area contributed by atoms with Crippen LogP contribution in [0, 0.1) is 0 Å². The molecule has 0 N–H and O–H groups in total. The van der Waals surface area contributed by atoms with Crippen molar-refractivity contribution in [2.75, 3.05) is 0 Å². The van der Waals surface area contributed by atoms with Gasteiger partial charge in [0.25, 0.3) is 5.56 Å². The highest BCUT2D eigenvalue weighted by Gasteiger charge is 2.18. The van der Waals surface area contributed by atoms with Crippen molar-refractivity contribution in [3.05, 3.63) is 86.2 Å². The fourth-order valence-electron chi connectivity index (χ4n) is 3.50. The molecule has 0 radical (unpaired) electrons. The second-order valence-corrected chi connectivity index (χ2v) is 8.77. The Hall–Kier alpha value is -2.24. The second-order valence-electron chi connectivity index (χ2n) is 6.77. The molecule has 28 heavy (non-hydrogen) atoms. The van der Waals surface area contributed by atoms with Crippen LogP contribution in [0.2, 0.25) is 0 Å². The van der Waals surface area contributed by atoms with Crippen molar-refractivity contribution in [3.63, 3.8) is 0 Å². The second kappa shape index (κ2) is 8.41. The number of thiophene rings is 1. The van der Waals surface area contributed by atoms with Gasteiger partial charge in [0.2, 0.25) is 0 Å². The van der Waals surface area contributed by atoms with Crippen molar-refractivity contribution >= 4 is 37.5 Å². The Kier molecular flexibility index (Phi) is 5.74. The van der Waals surface area contributed by atoms with Crippen molar-refractivity contribution in [3.8, 4) is 11.1 Å². The highest BCUT2D eigenvalue weighted by molar-refractivity contribution is 9.10. The molecular formula is C23H21BrN2OS. The van der Waals surface area contributed by atoms with Gasteiger partial charge < -0.3 is 0 Å². The summed E-state index contributed by atoms with van der Waals surface area (Å²) in [5, 5.41) is 0.756. The third-order valence-electron chi connectivity index (χ3n) is 4.91. The quantitative estimate of drug-likeness (QED) is 0.355. The summed E-state index contributed by atoms with van der Waals surface area (Å²) < 4.78 is 2.80. The van der Waals surface area contributed by atoms with Crippen molar-refractivity contribution < 1.29 is 0 Å². The Morgan fingerprint density at radius 3 is 2.54 bits per heavy atom. The van der Waals surface area contributed by atoms with Crippen LogP contribution < -0.4 is 5.56 Å². The lowest BCUT2D eigenvalue weighted by Gasteiger charge is -2.07. The summed E-state index contributed by atoms with van der Waals surface area (Å²) in [7, 11) is 0. The molecule has 0 aliphatic rings. The van der Waals surface area contributed by atoms with E-state index in [-0.39, 0.29) is 5.56 Å². The Morgan fingerprint density at radius 2 is 1.82 bits per heavy atom. The van der Waals surface area contributed by atoms with E-state index >= 15 is 0 Å². The van der Waals surface area contributed by atoms with E-state index in [2.05, 4.69) is 64.2 Å². The van der Waals surface area contributed by atoms with Gasteiger partial charge in [0, 0.05) is 21.5 Å². The predicted molar refractivity (Wildman–Crippen MR) is 121 cm³/mol. The van der Waals surface area contributed by atoms with Crippen LogP contribution in [-0.2, 0) is 19.4 Å². The monoisotopic (exact) mass is 452 g/mol. The molecule has 2 aromatic carbocycles. The summed E-state index contributed by atoms with van der Waals surface area (Å²) in [5.74, 6) is 0. The summed E-state index contributed by atoms with van der Waals surface area (Å²) in [6.45, 7) is 2.80. The summed E-state index contributed by atoms with van der Waals surface area (Å²) in [6, 6.07) is 18.6. The highest BCUT2D eigenvalue weighted by atomic mass is 79.9. The van der Waals surface area contributed by atoms with Crippen LogP contribution in [-0.4, -0.2) is 9.55 Å². The van der Waals surface area contributed by atoms with Crippen LogP contribution in [0.15, 0.2) is 70.2 Å². The van der Waals surface area contributed by atoms with Gasteiger partial charge in [0.15, 0.2) is 0 Å². The molecule has 0 fully saturated rings. The van der Waals surface area contributed by atoms with Gasteiger partial charge >= 0.3 is 0 Å². The van der Waals surface area contributed by atoms with Gasteiger partial charge in [-0.25, -0.2) is 4.98 Å². The van der Waals surface area contributed by atoms with Crippen molar-refractivity contribution in [2.45, 2.75) is 32.7 Å². The topological polar surface area (TPSA) is 34.9 Å². The zero-order valence-corrected chi connectivity index (χ0v) is 18.1. The van der Waals surface area contributed by atoms with Crippen LogP contribution >= 0.6 is 27.3 Å². The van der Waals surface area contributed by atoms with E-state index in [1.807, 2.05) is 18.2 Å². The first-order chi connectivity index (χ1) is 13.7. The molecule has 2 heterocycles. The van der Waals surface area contributed by atoms with E-state index in [9.17, 15) is 4.79 Å². The fraction of sp³-hybridized carbons (Fsp3) is 0.217. The minimum absolute atomic E-state index is 0.0620. The number of fused-ring (bicyclic) bond motifs is 1. The van der Waals surface area contributed by atoms with Gasteiger partial charge in [0.1, 0.15) is 4.83 Å². The molecule has 0 aliphatic carbocycles. The van der Waals surface area contributed by atoms with Crippen LogP contribution in [0.3, 0.4) is 0 Å². The molecule has 142 valence electrons. The average Bonchev–Trinajstić information content (AvgIpc) is 3.11. The Labute approximate surface area is 176 Å². The Morgan fingerprint density at radius 1 is 1.07 bits per heavy atom. The van der Waals surface area contributed by atoms with Crippen molar-refractivity contribution in [1.82, 2.24) is 9.55 Å². The van der Waals surface area contributed by atoms with Gasteiger partial charge in [-0.1, -0.05) is 65.3 Å². The summed E-state index contributed by atoms with van der Waals surface area (Å²) in [4.78, 5) is 19.9. The first-order valence-electron chi connectivity index (χ1n) is 9.48. The first-order valence-corrected chi connectivity index (χ1v) is 11.1. The molecule has 0 atom stereocenters. The number of aryl methyl sites for hydroxylation is 3. The van der Waals surface area contributed by atoms with Crippen LogP contribution in [0.4, 0.5) is 0 Å². The van der Waals surface area contributed by atoms with E-state index in [1.165, 1.54) is 10.4 Å². The normalized spacial score (nSPS) is 11.2. The fourth-order valence-corrected chi connectivity index (χ4v) is 4.86. The average molecular weight is 453 g/mol. The molecule has 2 aromatic heterocycles. The van der Waals surface area contributed by atoms with Gasteiger partial charge in [-0.2, -0.15) is 0 Å². The molecule has 4 aromatic rings. The molecule has 5 heteroatoms. The SMILES string of the molecule is CCc1sc2ncn(CCCc3ccccc3)c(=O)c2c1-c1ccc(Br)cc1. The third-order valence-corrected chi connectivity index (χ3v) is 6.68. The van der Waals surface area contributed by atoms with Gasteiger partial charge in [0.05, 0.1) is 11.7 Å². The van der Waals surface area contributed by atoms with E-state index in [0.29, 0.717) is 6.54 Å². The lowest BCUT2D eigenvalue weighted by atomic mass is 10.0. The third kappa shape index (κ3) is 3.82. The minimum Gasteiger partial charge on any atom is -0.299 e. The van der Waals surface area contributed by atoms with Gasteiger partial charge in [-0.15, -0.1) is 11.3 Å². The molecule has 4 rings (SSSR count). The largest absolute Gasteiger partial charge is 0.299 e. The minimum atomic E-state index is 0.0620. The lowest BCUT2D eigenvalue weighted by Crippen LogP contribution is -2.20. The number of benzene rings is 2. The zero-order chi connectivity index (χ0) is 19.5. The smallest absolute Gasteiger partial charge is 0.262 e. The number of nitrogens with zero attached hydrogens (tertiary/aromatic N) is 2. The molecule has 0 bridgehead atoms. The van der Waals surface area contributed by atoms with E-state index in [0.717, 1.165) is 45.1 Å². The maximum absolute atomic E-state index is 13.3. The molecule has 0 unspecified atom stereocenters. The molecule has 0 spiro atoms. The Bertz CT molecular complexity index is 1150. The van der Waals surface area contributed by atoms with Gasteiger partial charge in [-0.05, 0) is 42.5 Å². The molecule has 3 nitrogen and oxygen atoms in total. The van der Waals surface area contributed by atoms with Crippen molar-refractivity contribution in [2.24, 2.45) is 0 Å². The summed E-state index contributed by atoms with van der Waals surface area (Å²) >= 11 is 5.12. The zero-order valence-electron chi connectivity index (χ0n) is 15.7. The van der Waals surface area contributed by atoms with Crippen LogP contribution in [0.1, 0.15) is 23.8 Å². The van der Waals surface area contributed by atoms with Gasteiger partial charge in [-0.3, -0.25) is 9.36 Å². The lowest BCUT2D eigenvalue weighted by molar-refractivity contribution is 0.618. The van der Waals surface area contributed by atoms with Crippen molar-refractivity contribution in [1.29, 1.82) is 0 Å². The van der Waals surface area contributed by atoms with E-state index < -0.39 is 0 Å². The van der Waals surface area contributed by atoms with Crippen LogP contribution in [0.5, 0.6) is 0 Å². The van der Waals surface area contributed by atoms with E-state index in [4.69, 9.17) is 0 Å². The molecule has 0 saturated heterocycles.